The molecule has 21 heavy (non-hydrogen) atoms. The first-order valence-electron chi connectivity index (χ1n) is 5.92. The Hall–Kier alpha value is -2.68. The molecule has 0 aliphatic heterocycles. The smallest absolute Gasteiger partial charge is 0.324 e. The summed E-state index contributed by atoms with van der Waals surface area (Å²) in [5.41, 5.74) is 0. The zero-order chi connectivity index (χ0) is 15.2. The minimum Gasteiger partial charge on any atom is -0.459 e. The van der Waals surface area contributed by atoms with Gasteiger partial charge in [-0.15, -0.1) is 0 Å². The van der Waals surface area contributed by atoms with Crippen LogP contribution in [0.25, 0.3) is 0 Å². The van der Waals surface area contributed by atoms with Crippen molar-refractivity contribution in [3.05, 3.63) is 51.3 Å². The number of thiophene rings is 1. The summed E-state index contributed by atoms with van der Waals surface area (Å²) in [5.74, 6) is -0.600. The van der Waals surface area contributed by atoms with Gasteiger partial charge < -0.3 is 15.1 Å². The maximum Gasteiger partial charge on any atom is 0.324 e. The Bertz CT molecular complexity index is 650. The van der Waals surface area contributed by atoms with Crippen molar-refractivity contribution in [2.45, 2.75) is 0 Å². The summed E-state index contributed by atoms with van der Waals surface area (Å²) in [6, 6.07) is 5.79. The number of hydrogen-bond acceptors (Lipinski definition) is 6. The highest BCUT2D eigenvalue weighted by molar-refractivity contribution is 7.17. The van der Waals surface area contributed by atoms with E-state index in [-0.39, 0.29) is 34.6 Å². The van der Waals surface area contributed by atoms with Gasteiger partial charge in [0.15, 0.2) is 5.76 Å². The molecule has 0 bridgehead atoms. The summed E-state index contributed by atoms with van der Waals surface area (Å²) in [6.45, 7) is 0.426. The van der Waals surface area contributed by atoms with Crippen LogP contribution < -0.4 is 10.6 Å². The van der Waals surface area contributed by atoms with E-state index in [1.807, 2.05) is 0 Å². The van der Waals surface area contributed by atoms with E-state index in [9.17, 15) is 19.7 Å². The number of nitrogens with one attached hydrogen (secondary N) is 2. The molecule has 0 radical (unpaired) electrons. The Morgan fingerprint density at radius 2 is 1.90 bits per heavy atom. The maximum absolute atomic E-state index is 11.7. The van der Waals surface area contributed by atoms with E-state index < -0.39 is 10.8 Å². The molecule has 110 valence electrons. The SMILES string of the molecule is O=C(NCCNC(=O)c1ccc([N+](=O)[O-])s1)c1ccco1. The number of rotatable bonds is 6. The normalized spacial score (nSPS) is 10.1. The molecule has 0 saturated heterocycles. The Kier molecular flexibility index (Phi) is 4.67. The van der Waals surface area contributed by atoms with Crippen LogP contribution in [-0.4, -0.2) is 29.8 Å². The number of nitrogens with zero attached hydrogens (tertiary/aromatic N) is 1. The molecule has 2 aromatic rings. The number of carbonyl (C=O) groups excluding carboxylic acids is 2. The first kappa shape index (κ1) is 14.7. The van der Waals surface area contributed by atoms with Crippen LogP contribution >= 0.6 is 11.3 Å². The van der Waals surface area contributed by atoms with Crippen LogP contribution in [0.4, 0.5) is 5.00 Å². The monoisotopic (exact) mass is 309 g/mol. The van der Waals surface area contributed by atoms with E-state index in [2.05, 4.69) is 10.6 Å². The van der Waals surface area contributed by atoms with Gasteiger partial charge in [-0.2, -0.15) is 0 Å². The Balaban J connectivity index is 1.74. The highest BCUT2D eigenvalue weighted by Gasteiger charge is 2.15. The van der Waals surface area contributed by atoms with Gasteiger partial charge in [0.25, 0.3) is 11.8 Å². The summed E-state index contributed by atoms with van der Waals surface area (Å²) in [5, 5.41) is 15.5. The van der Waals surface area contributed by atoms with E-state index in [4.69, 9.17) is 4.42 Å². The maximum atomic E-state index is 11.7. The highest BCUT2D eigenvalue weighted by atomic mass is 32.1. The number of hydrogen-bond donors (Lipinski definition) is 2. The summed E-state index contributed by atoms with van der Waals surface area (Å²) in [7, 11) is 0. The fraction of sp³-hybridized carbons (Fsp3) is 0.167. The van der Waals surface area contributed by atoms with Gasteiger partial charge >= 0.3 is 5.00 Å². The molecule has 2 aromatic heterocycles. The molecule has 0 fully saturated rings. The highest BCUT2D eigenvalue weighted by Crippen LogP contribution is 2.23. The molecule has 8 nitrogen and oxygen atoms in total. The van der Waals surface area contributed by atoms with Gasteiger partial charge in [0, 0.05) is 19.2 Å². The predicted octanol–water partition coefficient (Wildman–Crippen LogP) is 1.41. The molecular weight excluding hydrogens is 298 g/mol. The van der Waals surface area contributed by atoms with Gasteiger partial charge in [-0.1, -0.05) is 11.3 Å². The van der Waals surface area contributed by atoms with Gasteiger partial charge in [0.1, 0.15) is 0 Å². The third-order valence-electron chi connectivity index (χ3n) is 2.44. The van der Waals surface area contributed by atoms with Crippen molar-refractivity contribution in [1.29, 1.82) is 0 Å². The van der Waals surface area contributed by atoms with Crippen molar-refractivity contribution in [1.82, 2.24) is 10.6 Å². The second-order valence-corrected chi connectivity index (χ2v) is 4.95. The lowest BCUT2D eigenvalue weighted by molar-refractivity contribution is -0.380. The number of carbonyl (C=O) groups is 2. The summed E-state index contributed by atoms with van der Waals surface area (Å²) < 4.78 is 4.91. The standard InChI is InChI=1S/C12H11N3O5S/c16-11(8-2-1-7-20-8)13-5-6-14-12(17)9-3-4-10(21-9)15(18)19/h1-4,7H,5-6H2,(H,13,16)(H,14,17). The fourth-order valence-electron chi connectivity index (χ4n) is 1.48. The molecule has 0 saturated carbocycles. The number of furan rings is 1. The second-order valence-electron chi connectivity index (χ2n) is 3.88. The van der Waals surface area contributed by atoms with Gasteiger partial charge in [0.2, 0.25) is 0 Å². The van der Waals surface area contributed by atoms with E-state index in [0.29, 0.717) is 0 Å². The average Bonchev–Trinajstić information content (AvgIpc) is 3.13. The van der Waals surface area contributed by atoms with Crippen molar-refractivity contribution < 1.29 is 18.9 Å². The quantitative estimate of drug-likeness (QED) is 0.475. The summed E-state index contributed by atoms with van der Waals surface area (Å²) in [4.78, 5) is 33.4. The first-order valence-corrected chi connectivity index (χ1v) is 6.73. The molecule has 0 atom stereocenters. The zero-order valence-electron chi connectivity index (χ0n) is 10.7. The van der Waals surface area contributed by atoms with Crippen LogP contribution in [0.5, 0.6) is 0 Å². The summed E-state index contributed by atoms with van der Waals surface area (Å²) in [6.07, 6.45) is 1.39. The van der Waals surface area contributed by atoms with Crippen molar-refractivity contribution in [2.24, 2.45) is 0 Å². The van der Waals surface area contributed by atoms with Crippen LogP contribution in [0.1, 0.15) is 20.2 Å². The molecule has 2 rings (SSSR count). The third kappa shape index (κ3) is 3.89. The van der Waals surface area contributed by atoms with Crippen molar-refractivity contribution in [3.8, 4) is 0 Å². The van der Waals surface area contributed by atoms with Crippen LogP contribution in [-0.2, 0) is 0 Å². The number of amides is 2. The Morgan fingerprint density at radius 3 is 2.48 bits per heavy atom. The van der Waals surface area contributed by atoms with Crippen molar-refractivity contribution in [3.63, 3.8) is 0 Å². The van der Waals surface area contributed by atoms with Crippen LogP contribution in [0, 0.1) is 10.1 Å². The minimum absolute atomic E-state index is 0.0914. The van der Waals surface area contributed by atoms with E-state index in [1.165, 1.54) is 24.5 Å². The topological polar surface area (TPSA) is 114 Å². The molecule has 2 heterocycles. The molecular formula is C12H11N3O5S. The molecule has 0 unspecified atom stereocenters. The average molecular weight is 309 g/mol. The van der Waals surface area contributed by atoms with E-state index in [1.54, 1.807) is 6.07 Å². The van der Waals surface area contributed by atoms with Gasteiger partial charge in [0.05, 0.1) is 16.1 Å². The molecule has 0 aliphatic rings. The Morgan fingerprint density at radius 1 is 1.19 bits per heavy atom. The molecule has 9 heteroatoms. The lowest BCUT2D eigenvalue weighted by Gasteiger charge is -2.04. The van der Waals surface area contributed by atoms with Crippen LogP contribution in [0.3, 0.4) is 0 Å². The van der Waals surface area contributed by atoms with Crippen LogP contribution in [0.15, 0.2) is 34.9 Å². The molecule has 2 amide bonds. The second kappa shape index (κ2) is 6.66. The Labute approximate surface area is 122 Å². The lowest BCUT2D eigenvalue weighted by atomic mass is 10.4. The first-order chi connectivity index (χ1) is 10.1. The van der Waals surface area contributed by atoms with Crippen molar-refractivity contribution >= 4 is 28.2 Å². The van der Waals surface area contributed by atoms with Gasteiger partial charge in [-0.05, 0) is 18.2 Å². The predicted molar refractivity (Wildman–Crippen MR) is 74.3 cm³/mol. The molecule has 0 spiro atoms. The fourth-order valence-corrected chi connectivity index (χ4v) is 2.22. The van der Waals surface area contributed by atoms with Gasteiger partial charge in [-0.25, -0.2) is 0 Å². The zero-order valence-corrected chi connectivity index (χ0v) is 11.5. The van der Waals surface area contributed by atoms with Crippen LogP contribution in [0.2, 0.25) is 0 Å². The van der Waals surface area contributed by atoms with E-state index >= 15 is 0 Å². The molecule has 0 aliphatic carbocycles. The largest absolute Gasteiger partial charge is 0.459 e. The molecule has 2 N–H and O–H groups in total. The summed E-state index contributed by atoms with van der Waals surface area (Å²) >= 11 is 0.798. The lowest BCUT2D eigenvalue weighted by Crippen LogP contribution is -2.34. The van der Waals surface area contributed by atoms with Crippen molar-refractivity contribution in [2.75, 3.05) is 13.1 Å². The molecule has 0 aromatic carbocycles. The van der Waals surface area contributed by atoms with Gasteiger partial charge in [-0.3, -0.25) is 19.7 Å². The minimum atomic E-state index is -0.551. The van der Waals surface area contributed by atoms with E-state index in [0.717, 1.165) is 11.3 Å². The third-order valence-corrected chi connectivity index (χ3v) is 3.47. The number of nitro groups is 1.